The van der Waals surface area contributed by atoms with Crippen LogP contribution in [0.3, 0.4) is 0 Å². The van der Waals surface area contributed by atoms with Crippen molar-refractivity contribution in [2.75, 3.05) is 19.0 Å². The van der Waals surface area contributed by atoms with Crippen molar-refractivity contribution in [3.05, 3.63) is 28.7 Å². The molecule has 0 spiro atoms. The van der Waals surface area contributed by atoms with Crippen molar-refractivity contribution < 1.29 is 9.47 Å². The summed E-state index contributed by atoms with van der Waals surface area (Å²) in [6.45, 7) is 3.41. The zero-order chi connectivity index (χ0) is 13.5. The summed E-state index contributed by atoms with van der Waals surface area (Å²) < 4.78 is 11.0. The molecule has 0 atom stereocenters. The molecule has 102 valence electrons. The van der Waals surface area contributed by atoms with Gasteiger partial charge >= 0.3 is 0 Å². The molecule has 1 N–H and O–H groups in total. The lowest BCUT2D eigenvalue weighted by Gasteiger charge is -2.12. The highest BCUT2D eigenvalue weighted by atomic mass is 32.1. The van der Waals surface area contributed by atoms with E-state index in [9.17, 15) is 0 Å². The van der Waals surface area contributed by atoms with Gasteiger partial charge in [0, 0.05) is 11.4 Å². The van der Waals surface area contributed by atoms with E-state index in [1.807, 2.05) is 17.5 Å². The number of nitrogens with one attached hydrogen (secondary N) is 1. The van der Waals surface area contributed by atoms with Crippen LogP contribution in [0, 0.1) is 0 Å². The maximum absolute atomic E-state index is 5.69. The van der Waals surface area contributed by atoms with Crippen molar-refractivity contribution in [3.63, 3.8) is 0 Å². The van der Waals surface area contributed by atoms with Crippen LogP contribution >= 0.6 is 11.3 Å². The van der Waals surface area contributed by atoms with E-state index < -0.39 is 0 Å². The quantitative estimate of drug-likeness (QED) is 0.844. The molecule has 0 saturated heterocycles. The fourth-order valence-corrected chi connectivity index (χ4v) is 2.16. The maximum Gasteiger partial charge on any atom is 0.262 e. The fraction of sp³-hybridized carbons (Fsp3) is 0.385. The SMILES string of the molecule is CCCNc1ncnc(OCc2cccs2)c1OC. The topological polar surface area (TPSA) is 56.3 Å². The van der Waals surface area contributed by atoms with E-state index in [-0.39, 0.29) is 0 Å². The Morgan fingerprint density at radius 1 is 1.37 bits per heavy atom. The largest absolute Gasteiger partial charge is 0.489 e. The molecule has 6 heteroatoms. The Balaban J connectivity index is 2.10. The summed E-state index contributed by atoms with van der Waals surface area (Å²) in [6, 6.07) is 4.02. The Morgan fingerprint density at radius 2 is 2.26 bits per heavy atom. The molecule has 0 aromatic carbocycles. The number of rotatable bonds is 7. The van der Waals surface area contributed by atoms with Gasteiger partial charge in [0.1, 0.15) is 12.9 Å². The van der Waals surface area contributed by atoms with Crippen LogP contribution in [0.2, 0.25) is 0 Å². The lowest BCUT2D eigenvalue weighted by molar-refractivity contribution is 0.274. The van der Waals surface area contributed by atoms with Crippen LogP contribution in [0.4, 0.5) is 5.82 Å². The molecule has 19 heavy (non-hydrogen) atoms. The van der Waals surface area contributed by atoms with Gasteiger partial charge in [-0.2, -0.15) is 4.98 Å². The van der Waals surface area contributed by atoms with Gasteiger partial charge in [0.25, 0.3) is 5.88 Å². The molecule has 0 radical (unpaired) electrons. The van der Waals surface area contributed by atoms with Crippen LogP contribution in [0.5, 0.6) is 11.6 Å². The van der Waals surface area contributed by atoms with Crippen molar-refractivity contribution in [1.82, 2.24) is 9.97 Å². The van der Waals surface area contributed by atoms with Gasteiger partial charge in [0.2, 0.25) is 5.75 Å². The second kappa shape index (κ2) is 6.94. The van der Waals surface area contributed by atoms with Crippen LogP contribution in [0.1, 0.15) is 18.2 Å². The number of aromatic nitrogens is 2. The molecule has 2 rings (SSSR count). The molecule has 5 nitrogen and oxygen atoms in total. The Labute approximate surface area is 116 Å². The van der Waals surface area contributed by atoms with E-state index in [4.69, 9.17) is 9.47 Å². The molecule has 0 fully saturated rings. The number of methoxy groups -OCH3 is 1. The van der Waals surface area contributed by atoms with Gasteiger partial charge in [-0.3, -0.25) is 0 Å². The molecule has 2 heterocycles. The minimum absolute atomic E-state index is 0.463. The number of thiophene rings is 1. The number of nitrogens with zero attached hydrogens (tertiary/aromatic N) is 2. The molecule has 0 aliphatic carbocycles. The van der Waals surface area contributed by atoms with Crippen LogP contribution in [0.15, 0.2) is 23.8 Å². The first-order valence-electron chi connectivity index (χ1n) is 6.13. The third kappa shape index (κ3) is 3.57. The first-order chi connectivity index (χ1) is 9.35. The molecular weight excluding hydrogens is 262 g/mol. The van der Waals surface area contributed by atoms with E-state index in [1.165, 1.54) is 6.33 Å². The number of hydrogen-bond acceptors (Lipinski definition) is 6. The minimum atomic E-state index is 0.463. The Bertz CT molecular complexity index is 503. The summed E-state index contributed by atoms with van der Waals surface area (Å²) in [5.74, 6) is 1.68. The van der Waals surface area contributed by atoms with Gasteiger partial charge in [-0.25, -0.2) is 4.98 Å². The molecule has 0 saturated carbocycles. The lowest BCUT2D eigenvalue weighted by Crippen LogP contribution is -2.07. The molecule has 2 aromatic rings. The van der Waals surface area contributed by atoms with Crippen molar-refractivity contribution in [2.24, 2.45) is 0 Å². The van der Waals surface area contributed by atoms with Gasteiger partial charge < -0.3 is 14.8 Å². The second-order valence-corrected chi connectivity index (χ2v) is 4.89. The van der Waals surface area contributed by atoms with Gasteiger partial charge in [0.05, 0.1) is 7.11 Å². The average Bonchev–Trinajstić information content (AvgIpc) is 2.96. The highest BCUT2D eigenvalue weighted by Crippen LogP contribution is 2.31. The minimum Gasteiger partial charge on any atom is -0.489 e. The fourth-order valence-electron chi connectivity index (χ4n) is 1.55. The van der Waals surface area contributed by atoms with Crippen LogP contribution in [-0.2, 0) is 6.61 Å². The number of anilines is 1. The molecular formula is C13H17N3O2S. The highest BCUT2D eigenvalue weighted by molar-refractivity contribution is 7.09. The smallest absolute Gasteiger partial charge is 0.262 e. The lowest BCUT2D eigenvalue weighted by atomic mass is 10.4. The standard InChI is InChI=1S/C13H17N3O2S/c1-3-6-14-12-11(17-2)13(16-9-15-12)18-8-10-5-4-7-19-10/h4-5,7,9H,3,6,8H2,1-2H3,(H,14,15,16). The summed E-state index contributed by atoms with van der Waals surface area (Å²) in [4.78, 5) is 9.43. The zero-order valence-corrected chi connectivity index (χ0v) is 11.9. The average molecular weight is 279 g/mol. The Hall–Kier alpha value is -1.82. The third-order valence-electron chi connectivity index (χ3n) is 2.45. The molecule has 0 amide bonds. The van der Waals surface area contributed by atoms with Crippen LogP contribution in [0.25, 0.3) is 0 Å². The van der Waals surface area contributed by atoms with E-state index in [0.717, 1.165) is 17.8 Å². The van der Waals surface area contributed by atoms with Gasteiger partial charge in [-0.15, -0.1) is 11.3 Å². The van der Waals surface area contributed by atoms with E-state index >= 15 is 0 Å². The Kier molecular flexibility index (Phi) is 4.97. The van der Waals surface area contributed by atoms with Gasteiger partial charge in [0.15, 0.2) is 5.82 Å². The highest BCUT2D eigenvalue weighted by Gasteiger charge is 2.13. The van der Waals surface area contributed by atoms with E-state index in [1.54, 1.807) is 18.4 Å². The van der Waals surface area contributed by atoms with Crippen molar-refractivity contribution in [3.8, 4) is 11.6 Å². The van der Waals surface area contributed by atoms with Crippen LogP contribution < -0.4 is 14.8 Å². The predicted octanol–water partition coefficient (Wildman–Crippen LogP) is 2.95. The number of hydrogen-bond donors (Lipinski definition) is 1. The molecule has 2 aromatic heterocycles. The first kappa shape index (κ1) is 13.6. The normalized spacial score (nSPS) is 10.2. The second-order valence-electron chi connectivity index (χ2n) is 3.86. The predicted molar refractivity (Wildman–Crippen MR) is 76.0 cm³/mol. The Morgan fingerprint density at radius 3 is 2.95 bits per heavy atom. The van der Waals surface area contributed by atoms with Crippen molar-refractivity contribution in [1.29, 1.82) is 0 Å². The monoisotopic (exact) mass is 279 g/mol. The summed E-state index contributed by atoms with van der Waals surface area (Å²) in [5.41, 5.74) is 0. The van der Waals surface area contributed by atoms with Crippen molar-refractivity contribution in [2.45, 2.75) is 20.0 Å². The molecule has 0 bridgehead atoms. The van der Waals surface area contributed by atoms with Crippen molar-refractivity contribution >= 4 is 17.2 Å². The van der Waals surface area contributed by atoms with E-state index in [2.05, 4.69) is 22.2 Å². The summed E-state index contributed by atoms with van der Waals surface area (Å²) in [7, 11) is 1.59. The molecule has 0 aliphatic rings. The van der Waals surface area contributed by atoms with Gasteiger partial charge in [-0.05, 0) is 17.9 Å². The van der Waals surface area contributed by atoms with Gasteiger partial charge in [-0.1, -0.05) is 13.0 Å². The molecule has 0 aliphatic heterocycles. The maximum atomic E-state index is 5.69. The summed E-state index contributed by atoms with van der Waals surface area (Å²) >= 11 is 1.65. The number of ether oxygens (including phenoxy) is 2. The van der Waals surface area contributed by atoms with E-state index in [0.29, 0.717) is 24.1 Å². The summed E-state index contributed by atoms with van der Waals surface area (Å²) in [6.07, 6.45) is 2.49. The molecule has 0 unspecified atom stereocenters. The summed E-state index contributed by atoms with van der Waals surface area (Å²) in [5, 5.41) is 5.21. The third-order valence-corrected chi connectivity index (χ3v) is 3.30. The first-order valence-corrected chi connectivity index (χ1v) is 7.01. The van der Waals surface area contributed by atoms with Crippen LogP contribution in [-0.4, -0.2) is 23.6 Å². The zero-order valence-electron chi connectivity index (χ0n) is 11.0.